The maximum Gasteiger partial charge on any atom is 0.164 e. The highest BCUT2D eigenvalue weighted by Gasteiger charge is 2.30. The zero-order chi connectivity index (χ0) is 9.97. The molecule has 2 aliphatic heterocycles. The topological polar surface area (TPSA) is 55.7 Å². The van der Waals surface area contributed by atoms with E-state index in [4.69, 9.17) is 10.2 Å². The molecular formula is C10H20N2O2. The predicted octanol–water partition coefficient (Wildman–Crippen LogP) is -0.771. The molecule has 0 aromatic carbocycles. The van der Waals surface area contributed by atoms with E-state index in [1.807, 2.05) is 0 Å². The van der Waals surface area contributed by atoms with Crippen LogP contribution in [-0.2, 0) is 0 Å². The van der Waals surface area contributed by atoms with E-state index in [2.05, 4.69) is 10.2 Å². The summed E-state index contributed by atoms with van der Waals surface area (Å²) >= 11 is 0. The molecule has 0 spiro atoms. The van der Waals surface area contributed by atoms with Crippen LogP contribution in [0.25, 0.3) is 0 Å². The molecule has 82 valence electrons. The van der Waals surface area contributed by atoms with Gasteiger partial charge in [-0.3, -0.25) is 4.90 Å². The Hall–Kier alpha value is -0.160. The molecule has 0 aromatic rings. The maximum atomic E-state index is 8.90. The Kier molecular flexibility index (Phi) is 3.38. The van der Waals surface area contributed by atoms with Crippen molar-refractivity contribution in [1.29, 1.82) is 0 Å². The van der Waals surface area contributed by atoms with Crippen molar-refractivity contribution in [2.45, 2.75) is 19.1 Å². The summed E-state index contributed by atoms with van der Waals surface area (Å²) < 4.78 is 0. The van der Waals surface area contributed by atoms with Crippen LogP contribution in [0.15, 0.2) is 0 Å². The highest BCUT2D eigenvalue weighted by atomic mass is 16.5. The molecule has 1 atom stereocenters. The van der Waals surface area contributed by atoms with Crippen LogP contribution in [-0.4, -0.2) is 54.1 Å². The highest BCUT2D eigenvalue weighted by Crippen LogP contribution is 2.26. The molecule has 0 saturated carbocycles. The average molecular weight is 200 g/mol. The molecule has 0 unspecified atom stereocenters. The third kappa shape index (κ3) is 2.45. The summed E-state index contributed by atoms with van der Waals surface area (Å²) in [5, 5.41) is 21.1. The monoisotopic (exact) mass is 200 g/mol. The molecule has 0 aromatic heterocycles. The quantitative estimate of drug-likeness (QED) is 0.524. The first-order valence-electron chi connectivity index (χ1n) is 5.55. The van der Waals surface area contributed by atoms with Crippen molar-refractivity contribution < 1.29 is 10.2 Å². The van der Waals surface area contributed by atoms with Crippen molar-refractivity contribution in [1.82, 2.24) is 10.2 Å². The number of aliphatic hydroxyl groups is 2. The first-order chi connectivity index (χ1) is 6.75. The summed E-state index contributed by atoms with van der Waals surface area (Å²) in [5.74, 6) is 1.59. The van der Waals surface area contributed by atoms with Gasteiger partial charge in [0.25, 0.3) is 0 Å². The number of aliphatic hydroxyl groups excluding tert-OH is 1. The number of β-amino-alcohol motifs (C(OH)–C–C–N with tert-alkyl or cyclic N) is 2. The van der Waals surface area contributed by atoms with Crippen LogP contribution in [0, 0.1) is 11.8 Å². The largest absolute Gasteiger partial charge is 0.367 e. The lowest BCUT2D eigenvalue weighted by atomic mass is 9.82. The molecule has 3 N–H and O–H groups in total. The molecule has 0 aliphatic carbocycles. The molecule has 2 heterocycles. The molecule has 0 radical (unpaired) electrons. The van der Waals surface area contributed by atoms with Gasteiger partial charge in [0, 0.05) is 13.1 Å². The van der Waals surface area contributed by atoms with Crippen LogP contribution in [0.3, 0.4) is 0 Å². The van der Waals surface area contributed by atoms with E-state index in [1.54, 1.807) is 0 Å². The Bertz CT molecular complexity index is 183. The van der Waals surface area contributed by atoms with Crippen molar-refractivity contribution in [2.75, 3.05) is 32.7 Å². The summed E-state index contributed by atoms with van der Waals surface area (Å²) in [6.07, 6.45) is 1.34. The number of nitrogens with one attached hydrogen (secondary N) is 1. The van der Waals surface area contributed by atoms with Gasteiger partial charge in [-0.15, -0.1) is 0 Å². The minimum atomic E-state index is -1.17. The fraction of sp³-hybridized carbons (Fsp3) is 1.00. The second kappa shape index (κ2) is 4.57. The number of rotatable bonds is 3. The second-order valence-corrected chi connectivity index (χ2v) is 4.56. The summed E-state index contributed by atoms with van der Waals surface area (Å²) in [5.41, 5.74) is 0. The minimum absolute atomic E-state index is 0.413. The Morgan fingerprint density at radius 3 is 2.64 bits per heavy atom. The van der Waals surface area contributed by atoms with Crippen LogP contribution in [0.5, 0.6) is 0 Å². The molecule has 0 amide bonds. The molecule has 4 heteroatoms. The molecule has 2 rings (SSSR count). The smallest absolute Gasteiger partial charge is 0.164 e. The van der Waals surface area contributed by atoms with E-state index >= 15 is 0 Å². The van der Waals surface area contributed by atoms with Gasteiger partial charge in [0.1, 0.15) is 0 Å². The Morgan fingerprint density at radius 1 is 1.29 bits per heavy atom. The Labute approximate surface area is 84.9 Å². The number of hydrogen-bond donors (Lipinski definition) is 3. The van der Waals surface area contributed by atoms with Crippen molar-refractivity contribution in [3.8, 4) is 0 Å². The first kappa shape index (κ1) is 10.4. The lowest BCUT2D eigenvalue weighted by Gasteiger charge is -2.41. The Balaban J connectivity index is 1.77. The summed E-state index contributed by atoms with van der Waals surface area (Å²) in [6, 6.07) is 0. The zero-order valence-corrected chi connectivity index (χ0v) is 8.52. The van der Waals surface area contributed by atoms with Gasteiger partial charge in [-0.2, -0.15) is 0 Å². The number of likely N-dealkylation sites (tertiary alicyclic amines) is 1. The summed E-state index contributed by atoms with van der Waals surface area (Å²) in [4.78, 5) is 2.18. The second-order valence-electron chi connectivity index (χ2n) is 4.56. The normalized spacial score (nSPS) is 30.6. The molecular weight excluding hydrogens is 180 g/mol. The molecule has 0 bridgehead atoms. The van der Waals surface area contributed by atoms with Gasteiger partial charge in [0.15, 0.2) is 6.29 Å². The molecule has 2 aliphatic rings. The van der Waals surface area contributed by atoms with Gasteiger partial charge in [-0.1, -0.05) is 0 Å². The summed E-state index contributed by atoms with van der Waals surface area (Å²) in [7, 11) is 0. The van der Waals surface area contributed by atoms with E-state index in [9.17, 15) is 0 Å². The fourth-order valence-electron chi connectivity index (χ4n) is 2.52. The standard InChI is InChI=1S/C10H20N2O2/c13-10(14)7-12-3-1-2-8(6-12)9-4-11-5-9/h8-11,13-14H,1-7H2/t8-/m0/s1. The van der Waals surface area contributed by atoms with Gasteiger partial charge < -0.3 is 15.5 Å². The van der Waals surface area contributed by atoms with E-state index in [-0.39, 0.29) is 0 Å². The van der Waals surface area contributed by atoms with Crippen molar-refractivity contribution in [2.24, 2.45) is 11.8 Å². The number of piperidine rings is 1. The van der Waals surface area contributed by atoms with Crippen LogP contribution < -0.4 is 5.32 Å². The van der Waals surface area contributed by atoms with Crippen LogP contribution in [0.2, 0.25) is 0 Å². The van der Waals surface area contributed by atoms with E-state index < -0.39 is 6.29 Å². The highest BCUT2D eigenvalue weighted by molar-refractivity contribution is 4.86. The molecule has 2 fully saturated rings. The van der Waals surface area contributed by atoms with Crippen molar-refractivity contribution in [3.05, 3.63) is 0 Å². The van der Waals surface area contributed by atoms with E-state index in [0.717, 1.165) is 38.0 Å². The lowest BCUT2D eigenvalue weighted by Crippen LogP contribution is -2.51. The van der Waals surface area contributed by atoms with Crippen LogP contribution >= 0.6 is 0 Å². The van der Waals surface area contributed by atoms with Crippen LogP contribution in [0.4, 0.5) is 0 Å². The van der Waals surface area contributed by atoms with Crippen LogP contribution in [0.1, 0.15) is 12.8 Å². The molecule has 14 heavy (non-hydrogen) atoms. The number of hydrogen-bond acceptors (Lipinski definition) is 4. The van der Waals surface area contributed by atoms with Crippen molar-refractivity contribution in [3.63, 3.8) is 0 Å². The molecule has 4 nitrogen and oxygen atoms in total. The van der Waals surface area contributed by atoms with E-state index in [0.29, 0.717) is 6.54 Å². The van der Waals surface area contributed by atoms with Gasteiger partial charge in [-0.05, 0) is 44.3 Å². The Morgan fingerprint density at radius 2 is 2.07 bits per heavy atom. The fourth-order valence-corrected chi connectivity index (χ4v) is 2.52. The van der Waals surface area contributed by atoms with Gasteiger partial charge in [0.2, 0.25) is 0 Å². The zero-order valence-electron chi connectivity index (χ0n) is 8.52. The summed E-state index contributed by atoms with van der Waals surface area (Å²) in [6.45, 7) is 4.79. The molecule has 2 saturated heterocycles. The van der Waals surface area contributed by atoms with Crippen molar-refractivity contribution >= 4 is 0 Å². The van der Waals surface area contributed by atoms with Gasteiger partial charge >= 0.3 is 0 Å². The lowest BCUT2D eigenvalue weighted by molar-refractivity contribution is -0.0694. The number of nitrogens with zero attached hydrogens (tertiary/aromatic N) is 1. The minimum Gasteiger partial charge on any atom is -0.367 e. The third-order valence-corrected chi connectivity index (χ3v) is 3.44. The first-order valence-corrected chi connectivity index (χ1v) is 5.55. The maximum absolute atomic E-state index is 8.90. The third-order valence-electron chi connectivity index (χ3n) is 3.44. The average Bonchev–Trinajstić information content (AvgIpc) is 1.99. The SMILES string of the molecule is OC(O)CN1CCC[C@H](C2CNC2)C1. The van der Waals surface area contributed by atoms with Gasteiger partial charge in [0.05, 0.1) is 0 Å². The van der Waals surface area contributed by atoms with E-state index in [1.165, 1.54) is 12.8 Å². The predicted molar refractivity (Wildman–Crippen MR) is 53.7 cm³/mol. The van der Waals surface area contributed by atoms with Gasteiger partial charge in [-0.25, -0.2) is 0 Å².